The zero-order valence-electron chi connectivity index (χ0n) is 20.9. The second kappa shape index (κ2) is 11.0. The molecule has 1 aromatic carbocycles. The first kappa shape index (κ1) is 24.8. The number of piperidine rings is 1. The Morgan fingerprint density at radius 2 is 1.97 bits per heavy atom. The highest BCUT2D eigenvalue weighted by molar-refractivity contribution is 6.33. The van der Waals surface area contributed by atoms with E-state index in [1.807, 2.05) is 24.1 Å². The van der Waals surface area contributed by atoms with Crippen molar-refractivity contribution in [2.75, 3.05) is 25.0 Å². The molecule has 1 unspecified atom stereocenters. The van der Waals surface area contributed by atoms with Crippen LogP contribution in [0.4, 0.5) is 5.95 Å². The highest BCUT2D eigenvalue weighted by Crippen LogP contribution is 2.34. The molecular weight excluding hydrogens is 472 g/mol. The smallest absolute Gasteiger partial charge is 0.245 e. The largest absolute Gasteiger partial charge is 0.351 e. The van der Waals surface area contributed by atoms with E-state index in [2.05, 4.69) is 45.1 Å². The molecular formula is C28H35ClN6O. The summed E-state index contributed by atoms with van der Waals surface area (Å²) in [7, 11) is 2.04. The first-order valence-electron chi connectivity index (χ1n) is 13.0. The summed E-state index contributed by atoms with van der Waals surface area (Å²) in [6.07, 6.45) is 11.8. The third kappa shape index (κ3) is 5.42. The third-order valence-electron chi connectivity index (χ3n) is 7.66. The van der Waals surface area contributed by atoms with Crippen LogP contribution in [-0.2, 0) is 11.8 Å². The van der Waals surface area contributed by atoms with Crippen molar-refractivity contribution in [3.05, 3.63) is 54.3 Å². The number of carbonyl (C=O) groups excluding carboxylic acids is 1. The molecule has 36 heavy (non-hydrogen) atoms. The molecule has 2 aliphatic rings. The van der Waals surface area contributed by atoms with Crippen LogP contribution in [0.1, 0.15) is 38.5 Å². The molecule has 3 aromatic rings. The second-order valence-corrected chi connectivity index (χ2v) is 10.6. The molecule has 0 bridgehead atoms. The lowest BCUT2D eigenvalue weighted by Crippen LogP contribution is -2.45. The van der Waals surface area contributed by atoms with Crippen LogP contribution in [0.2, 0.25) is 5.02 Å². The quantitative estimate of drug-likeness (QED) is 0.440. The average molecular weight is 507 g/mol. The van der Waals surface area contributed by atoms with Gasteiger partial charge in [-0.25, -0.2) is 9.97 Å². The number of likely N-dealkylation sites (tertiary alicyclic amines) is 1. The number of nitrogens with zero attached hydrogens (tertiary/aromatic N) is 4. The molecule has 0 spiro atoms. The van der Waals surface area contributed by atoms with Crippen LogP contribution in [0.3, 0.4) is 0 Å². The number of hydrogen-bond donors (Lipinski definition) is 2. The predicted molar refractivity (Wildman–Crippen MR) is 146 cm³/mol. The van der Waals surface area contributed by atoms with Crippen molar-refractivity contribution in [1.29, 1.82) is 0 Å². The van der Waals surface area contributed by atoms with E-state index in [1.165, 1.54) is 12.5 Å². The molecule has 2 N–H and O–H groups in total. The van der Waals surface area contributed by atoms with Crippen LogP contribution >= 0.6 is 11.6 Å². The van der Waals surface area contributed by atoms with Crippen molar-refractivity contribution in [3.8, 4) is 11.3 Å². The van der Waals surface area contributed by atoms with Gasteiger partial charge in [-0.15, -0.1) is 0 Å². The molecule has 0 radical (unpaired) electrons. The number of halogens is 1. The molecule has 190 valence electrons. The molecule has 1 amide bonds. The normalized spacial score (nSPS) is 22.5. The number of aryl methyl sites for hydroxylation is 1. The number of nitrogens with one attached hydrogen (secondary N) is 2. The summed E-state index contributed by atoms with van der Waals surface area (Å²) in [6.45, 7) is 6.29. The van der Waals surface area contributed by atoms with Gasteiger partial charge in [0.25, 0.3) is 0 Å². The SMILES string of the molecule is C=CC(=O)N1CCCC(CNC2CCC(Nc3ncc(Cl)c(-c4cn(C)c5ccccc45)n3)CC2)C1. The van der Waals surface area contributed by atoms with Crippen LogP contribution < -0.4 is 10.6 Å². The molecule has 8 heteroatoms. The van der Waals surface area contributed by atoms with Gasteiger partial charge in [0.05, 0.1) is 16.9 Å². The summed E-state index contributed by atoms with van der Waals surface area (Å²) in [4.78, 5) is 23.2. The zero-order chi connectivity index (χ0) is 25.1. The Balaban J connectivity index is 1.16. The van der Waals surface area contributed by atoms with Crippen molar-refractivity contribution in [2.45, 2.75) is 50.6 Å². The lowest BCUT2D eigenvalue weighted by Gasteiger charge is -2.35. The monoisotopic (exact) mass is 506 g/mol. The lowest BCUT2D eigenvalue weighted by molar-refractivity contribution is -0.127. The van der Waals surface area contributed by atoms with Gasteiger partial charge in [-0.1, -0.05) is 36.4 Å². The van der Waals surface area contributed by atoms with Crippen molar-refractivity contribution >= 4 is 34.4 Å². The molecule has 1 aliphatic heterocycles. The van der Waals surface area contributed by atoms with Gasteiger partial charge in [-0.3, -0.25) is 4.79 Å². The van der Waals surface area contributed by atoms with Crippen LogP contribution in [0.25, 0.3) is 22.2 Å². The minimum atomic E-state index is 0.0549. The topological polar surface area (TPSA) is 75.1 Å². The zero-order valence-corrected chi connectivity index (χ0v) is 21.7. The average Bonchev–Trinajstić information content (AvgIpc) is 3.25. The van der Waals surface area contributed by atoms with E-state index in [0.717, 1.165) is 73.9 Å². The number of carbonyl (C=O) groups is 1. The van der Waals surface area contributed by atoms with E-state index in [-0.39, 0.29) is 5.91 Å². The Bertz CT molecular complexity index is 1230. The van der Waals surface area contributed by atoms with Crippen LogP contribution in [0.15, 0.2) is 49.3 Å². The third-order valence-corrected chi connectivity index (χ3v) is 7.93. The molecule has 1 saturated heterocycles. The van der Waals surface area contributed by atoms with Gasteiger partial charge in [0.1, 0.15) is 0 Å². The highest BCUT2D eigenvalue weighted by atomic mass is 35.5. The van der Waals surface area contributed by atoms with E-state index in [9.17, 15) is 4.79 Å². The molecule has 7 nitrogen and oxygen atoms in total. The summed E-state index contributed by atoms with van der Waals surface area (Å²) < 4.78 is 2.10. The fourth-order valence-electron chi connectivity index (χ4n) is 5.67. The summed E-state index contributed by atoms with van der Waals surface area (Å²) in [5.41, 5.74) is 2.93. The molecule has 2 fully saturated rings. The Morgan fingerprint density at radius 1 is 1.19 bits per heavy atom. The van der Waals surface area contributed by atoms with Crippen LogP contribution in [0, 0.1) is 5.92 Å². The number of benzene rings is 1. The Kier molecular flexibility index (Phi) is 7.58. The molecule has 1 saturated carbocycles. The summed E-state index contributed by atoms with van der Waals surface area (Å²) in [5, 5.41) is 9.01. The van der Waals surface area contributed by atoms with Gasteiger partial charge in [-0.2, -0.15) is 0 Å². The Hall–Kier alpha value is -2.90. The van der Waals surface area contributed by atoms with Crippen molar-refractivity contribution < 1.29 is 4.79 Å². The minimum absolute atomic E-state index is 0.0549. The van der Waals surface area contributed by atoms with E-state index < -0.39 is 0 Å². The number of hydrogen-bond acceptors (Lipinski definition) is 5. The fourth-order valence-corrected chi connectivity index (χ4v) is 5.87. The number of fused-ring (bicyclic) bond motifs is 1. The van der Waals surface area contributed by atoms with Gasteiger partial charge >= 0.3 is 0 Å². The van der Waals surface area contributed by atoms with Crippen molar-refractivity contribution in [2.24, 2.45) is 13.0 Å². The van der Waals surface area contributed by atoms with Crippen molar-refractivity contribution in [3.63, 3.8) is 0 Å². The summed E-state index contributed by atoms with van der Waals surface area (Å²) in [6, 6.07) is 9.15. The summed E-state index contributed by atoms with van der Waals surface area (Å²) >= 11 is 6.54. The van der Waals surface area contributed by atoms with E-state index >= 15 is 0 Å². The highest BCUT2D eigenvalue weighted by Gasteiger charge is 2.25. The Morgan fingerprint density at radius 3 is 2.78 bits per heavy atom. The maximum Gasteiger partial charge on any atom is 0.245 e. The van der Waals surface area contributed by atoms with Gasteiger partial charge in [-0.05, 0) is 63.1 Å². The number of amides is 1. The van der Waals surface area contributed by atoms with Crippen molar-refractivity contribution in [1.82, 2.24) is 24.8 Å². The standard InChI is InChI=1S/C28H35ClN6O/c1-3-26(36)35-14-6-7-19(17-35)15-30-20-10-12-21(13-11-20)32-28-31-16-24(29)27(33-28)23-18-34(2)25-9-5-4-8-22(23)25/h3-5,8-9,16,18-21,30H,1,6-7,10-15,17H2,2H3,(H,31,32,33). The molecule has 3 heterocycles. The number of para-hydroxylation sites is 1. The molecule has 1 atom stereocenters. The van der Waals surface area contributed by atoms with Gasteiger partial charge < -0.3 is 20.1 Å². The summed E-state index contributed by atoms with van der Waals surface area (Å²) in [5.74, 6) is 1.21. The molecule has 1 aliphatic carbocycles. The number of rotatable bonds is 7. The fraction of sp³-hybridized carbons (Fsp3) is 0.464. The number of aromatic nitrogens is 3. The second-order valence-electron chi connectivity index (χ2n) is 10.2. The van der Waals surface area contributed by atoms with E-state index in [1.54, 1.807) is 6.20 Å². The van der Waals surface area contributed by atoms with E-state index in [0.29, 0.717) is 29.0 Å². The number of anilines is 1. The molecule has 2 aromatic heterocycles. The maximum absolute atomic E-state index is 11.9. The van der Waals surface area contributed by atoms with Gasteiger partial charge in [0.15, 0.2) is 0 Å². The predicted octanol–water partition coefficient (Wildman–Crippen LogP) is 5.03. The van der Waals surface area contributed by atoms with E-state index in [4.69, 9.17) is 16.6 Å². The first-order valence-corrected chi connectivity index (χ1v) is 13.4. The Labute approximate surface area is 217 Å². The van der Waals surface area contributed by atoms with Gasteiger partial charge in [0, 0.05) is 54.9 Å². The molecule has 5 rings (SSSR count). The maximum atomic E-state index is 11.9. The minimum Gasteiger partial charge on any atom is -0.351 e. The lowest BCUT2D eigenvalue weighted by atomic mass is 9.90. The van der Waals surface area contributed by atoms with Gasteiger partial charge in [0.2, 0.25) is 11.9 Å². The first-order chi connectivity index (χ1) is 17.5. The van der Waals surface area contributed by atoms with Crippen LogP contribution in [-0.4, -0.2) is 57.1 Å². The van der Waals surface area contributed by atoms with Crippen LogP contribution in [0.5, 0.6) is 0 Å².